The van der Waals surface area contributed by atoms with Gasteiger partial charge in [-0.15, -0.1) is 0 Å². The summed E-state index contributed by atoms with van der Waals surface area (Å²) in [6.45, 7) is 8.08. The number of rotatable bonds is 8. The molecule has 0 aliphatic heterocycles. The number of carbonyl (C=O) groups excluding carboxylic acids is 2. The first kappa shape index (κ1) is 17.6. The van der Waals surface area contributed by atoms with E-state index < -0.39 is 0 Å². The van der Waals surface area contributed by atoms with Crippen LogP contribution < -0.4 is 10.6 Å². The van der Waals surface area contributed by atoms with Crippen molar-refractivity contribution in [2.24, 2.45) is 0 Å². The smallest absolute Gasteiger partial charge is 0.231 e. The highest BCUT2D eigenvalue weighted by molar-refractivity contribution is 8.77. The fourth-order valence-corrected chi connectivity index (χ4v) is 3.65. The van der Waals surface area contributed by atoms with Crippen LogP contribution in [-0.4, -0.2) is 35.4 Å². The second kappa shape index (κ2) is 8.69. The average Bonchev–Trinajstić information content (AvgIpc) is 2.24. The van der Waals surface area contributed by atoms with Gasteiger partial charge in [0.25, 0.3) is 0 Å². The van der Waals surface area contributed by atoms with Crippen molar-refractivity contribution in [1.29, 1.82) is 0 Å². The molecule has 0 aliphatic rings. The summed E-state index contributed by atoms with van der Waals surface area (Å²) in [6.07, 6.45) is 1.32. The Morgan fingerprint density at radius 3 is 2.33 bits per heavy atom. The zero-order chi connectivity index (χ0) is 14.2. The highest BCUT2D eigenvalue weighted by Gasteiger charge is 2.20. The lowest BCUT2D eigenvalue weighted by molar-refractivity contribution is -0.121. The SMILES string of the molecule is CNC(=O)CCC(C)(C)SSCC(=O)NC(C)C. The predicted octanol–water partition coefficient (Wildman–Crippen LogP) is 2.20. The largest absolute Gasteiger partial charge is 0.359 e. The maximum absolute atomic E-state index is 11.4. The molecule has 106 valence electrons. The van der Waals surface area contributed by atoms with E-state index in [1.54, 1.807) is 28.6 Å². The molecule has 0 aromatic heterocycles. The van der Waals surface area contributed by atoms with Gasteiger partial charge < -0.3 is 10.6 Å². The minimum atomic E-state index is -0.00468. The second-order valence-electron chi connectivity index (χ2n) is 5.00. The molecule has 18 heavy (non-hydrogen) atoms. The topological polar surface area (TPSA) is 58.2 Å². The van der Waals surface area contributed by atoms with E-state index in [1.807, 2.05) is 13.8 Å². The first-order valence-electron chi connectivity index (χ1n) is 6.07. The second-order valence-corrected chi connectivity index (χ2v) is 8.00. The fourth-order valence-electron chi connectivity index (χ4n) is 1.19. The van der Waals surface area contributed by atoms with Gasteiger partial charge in [0.15, 0.2) is 0 Å². The average molecular weight is 292 g/mol. The summed E-state index contributed by atoms with van der Waals surface area (Å²) >= 11 is 0. The van der Waals surface area contributed by atoms with Crippen LogP contribution in [0.4, 0.5) is 0 Å². The van der Waals surface area contributed by atoms with Crippen molar-refractivity contribution in [2.45, 2.75) is 51.3 Å². The van der Waals surface area contributed by atoms with Crippen molar-refractivity contribution in [2.75, 3.05) is 12.8 Å². The highest BCUT2D eigenvalue weighted by atomic mass is 33.1. The van der Waals surface area contributed by atoms with Crippen molar-refractivity contribution in [3.8, 4) is 0 Å². The lowest BCUT2D eigenvalue weighted by atomic mass is 10.1. The lowest BCUT2D eigenvalue weighted by Gasteiger charge is -2.22. The van der Waals surface area contributed by atoms with Crippen LogP contribution in [-0.2, 0) is 9.59 Å². The molecule has 0 bridgehead atoms. The third kappa shape index (κ3) is 9.65. The van der Waals surface area contributed by atoms with E-state index in [0.29, 0.717) is 12.2 Å². The first-order valence-corrected chi connectivity index (χ1v) is 8.39. The molecule has 0 aromatic carbocycles. The summed E-state index contributed by atoms with van der Waals surface area (Å²) in [4.78, 5) is 22.6. The van der Waals surface area contributed by atoms with Gasteiger partial charge in [-0.2, -0.15) is 0 Å². The van der Waals surface area contributed by atoms with Gasteiger partial charge >= 0.3 is 0 Å². The Labute approximate surface area is 118 Å². The van der Waals surface area contributed by atoms with Crippen LogP contribution in [0.15, 0.2) is 0 Å². The molecule has 4 nitrogen and oxygen atoms in total. The molecule has 0 saturated carbocycles. The number of hydrogen-bond donors (Lipinski definition) is 2. The molecule has 0 fully saturated rings. The minimum Gasteiger partial charge on any atom is -0.359 e. The third-order valence-corrected chi connectivity index (χ3v) is 5.37. The Morgan fingerprint density at radius 2 is 1.83 bits per heavy atom. The maximum Gasteiger partial charge on any atom is 0.231 e. The van der Waals surface area contributed by atoms with Crippen LogP contribution in [0.25, 0.3) is 0 Å². The molecule has 2 amide bonds. The van der Waals surface area contributed by atoms with Gasteiger partial charge in [-0.1, -0.05) is 21.6 Å². The van der Waals surface area contributed by atoms with Gasteiger partial charge in [0.05, 0.1) is 5.75 Å². The van der Waals surface area contributed by atoms with Crippen molar-refractivity contribution < 1.29 is 9.59 Å². The Hall–Kier alpha value is -0.360. The van der Waals surface area contributed by atoms with Crippen molar-refractivity contribution in [3.63, 3.8) is 0 Å². The molecule has 0 heterocycles. The molecule has 0 aromatic rings. The summed E-state index contributed by atoms with van der Waals surface area (Å²) < 4.78 is -0.00468. The van der Waals surface area contributed by atoms with Crippen molar-refractivity contribution >= 4 is 33.4 Å². The van der Waals surface area contributed by atoms with Gasteiger partial charge in [-0.3, -0.25) is 9.59 Å². The standard InChI is InChI=1S/C12H24N2O2S2/c1-9(2)14-11(16)8-17-18-12(3,4)7-6-10(15)13-5/h9H,6-8H2,1-5H3,(H,13,15)(H,14,16). The summed E-state index contributed by atoms with van der Waals surface area (Å²) in [5.74, 6) is 0.572. The number of hydrogen-bond acceptors (Lipinski definition) is 4. The van der Waals surface area contributed by atoms with E-state index in [-0.39, 0.29) is 22.6 Å². The van der Waals surface area contributed by atoms with Crippen LogP contribution in [0.3, 0.4) is 0 Å². The normalized spacial score (nSPS) is 11.4. The van der Waals surface area contributed by atoms with Gasteiger partial charge in [0.2, 0.25) is 11.8 Å². The molecule has 0 aliphatic carbocycles. The number of amides is 2. The van der Waals surface area contributed by atoms with E-state index in [4.69, 9.17) is 0 Å². The van der Waals surface area contributed by atoms with Gasteiger partial charge in [0.1, 0.15) is 0 Å². The van der Waals surface area contributed by atoms with Crippen LogP contribution in [0.1, 0.15) is 40.5 Å². The monoisotopic (exact) mass is 292 g/mol. The Morgan fingerprint density at radius 1 is 1.22 bits per heavy atom. The fraction of sp³-hybridized carbons (Fsp3) is 0.833. The summed E-state index contributed by atoms with van der Waals surface area (Å²) in [6, 6.07) is 0.185. The van der Waals surface area contributed by atoms with E-state index >= 15 is 0 Å². The molecule has 0 atom stereocenters. The maximum atomic E-state index is 11.4. The van der Waals surface area contributed by atoms with Crippen LogP contribution >= 0.6 is 21.6 Å². The molecule has 2 N–H and O–H groups in total. The lowest BCUT2D eigenvalue weighted by Crippen LogP contribution is -2.31. The van der Waals surface area contributed by atoms with Crippen molar-refractivity contribution in [3.05, 3.63) is 0 Å². The summed E-state index contributed by atoms with van der Waals surface area (Å²) in [5, 5.41) is 5.47. The summed E-state index contributed by atoms with van der Waals surface area (Å²) in [7, 11) is 4.85. The molecular formula is C12H24N2O2S2. The first-order chi connectivity index (χ1) is 8.26. The highest BCUT2D eigenvalue weighted by Crippen LogP contribution is 2.38. The molecule has 0 rings (SSSR count). The minimum absolute atomic E-state index is 0.00468. The summed E-state index contributed by atoms with van der Waals surface area (Å²) in [5.41, 5.74) is 0. The molecule has 6 heteroatoms. The Bertz CT molecular complexity index is 281. The predicted molar refractivity (Wildman–Crippen MR) is 80.7 cm³/mol. The number of carbonyl (C=O) groups is 2. The Kier molecular flexibility index (Phi) is 8.52. The van der Waals surface area contributed by atoms with E-state index in [2.05, 4.69) is 24.5 Å². The third-order valence-electron chi connectivity index (χ3n) is 2.16. The molecule has 0 saturated heterocycles. The quantitative estimate of drug-likeness (QED) is 0.673. The van der Waals surface area contributed by atoms with Crippen LogP contribution in [0.2, 0.25) is 0 Å². The molecule has 0 unspecified atom stereocenters. The molecule has 0 spiro atoms. The van der Waals surface area contributed by atoms with E-state index in [0.717, 1.165) is 6.42 Å². The van der Waals surface area contributed by atoms with Crippen molar-refractivity contribution in [1.82, 2.24) is 10.6 Å². The molecular weight excluding hydrogens is 268 g/mol. The van der Waals surface area contributed by atoms with Gasteiger partial charge in [0, 0.05) is 24.3 Å². The Balaban J connectivity index is 3.82. The van der Waals surface area contributed by atoms with E-state index in [9.17, 15) is 9.59 Å². The molecule has 0 radical (unpaired) electrons. The van der Waals surface area contributed by atoms with Crippen LogP contribution in [0, 0.1) is 0 Å². The zero-order valence-electron chi connectivity index (χ0n) is 11.8. The van der Waals surface area contributed by atoms with E-state index in [1.165, 1.54) is 0 Å². The zero-order valence-corrected chi connectivity index (χ0v) is 13.5. The van der Waals surface area contributed by atoms with Crippen LogP contribution in [0.5, 0.6) is 0 Å². The van der Waals surface area contributed by atoms with Gasteiger partial charge in [-0.05, 0) is 34.1 Å². The number of nitrogens with one attached hydrogen (secondary N) is 2. The van der Waals surface area contributed by atoms with Gasteiger partial charge in [-0.25, -0.2) is 0 Å².